The van der Waals surface area contributed by atoms with E-state index in [1.165, 1.54) is 12.3 Å². The van der Waals surface area contributed by atoms with Gasteiger partial charge in [0.1, 0.15) is 5.75 Å². The molecule has 3 rings (SSSR count). The molecular formula is C23H17Cl2N3O4. The van der Waals surface area contributed by atoms with Crippen molar-refractivity contribution in [3.63, 3.8) is 0 Å². The number of hydrazone groups is 1. The molecule has 0 atom stereocenters. The van der Waals surface area contributed by atoms with E-state index in [4.69, 9.17) is 27.9 Å². The van der Waals surface area contributed by atoms with Crippen LogP contribution in [0.3, 0.4) is 0 Å². The number of halogens is 2. The number of nitrogens with one attached hydrogen (secondary N) is 2. The Bertz CT molecular complexity index is 1190. The average Bonchev–Trinajstić information content (AvgIpc) is 2.77. The molecule has 9 heteroatoms. The van der Waals surface area contributed by atoms with Crippen LogP contribution in [0.4, 0.5) is 5.69 Å². The van der Waals surface area contributed by atoms with Gasteiger partial charge in [-0.05, 0) is 72.6 Å². The van der Waals surface area contributed by atoms with E-state index in [9.17, 15) is 14.4 Å². The molecule has 0 heterocycles. The minimum absolute atomic E-state index is 0.326. The van der Waals surface area contributed by atoms with E-state index in [0.29, 0.717) is 32.6 Å². The van der Waals surface area contributed by atoms with Crippen LogP contribution >= 0.6 is 23.2 Å². The summed E-state index contributed by atoms with van der Waals surface area (Å²) in [5, 5.41) is 7.09. The van der Waals surface area contributed by atoms with E-state index in [-0.39, 0.29) is 0 Å². The summed E-state index contributed by atoms with van der Waals surface area (Å²) in [5.41, 5.74) is 4.33. The van der Waals surface area contributed by atoms with Gasteiger partial charge in [-0.15, -0.1) is 0 Å². The van der Waals surface area contributed by atoms with Gasteiger partial charge in [0.2, 0.25) is 0 Å². The van der Waals surface area contributed by atoms with Gasteiger partial charge in [-0.2, -0.15) is 5.10 Å². The zero-order chi connectivity index (χ0) is 23.1. The van der Waals surface area contributed by atoms with E-state index in [1.807, 2.05) is 6.92 Å². The number of anilines is 1. The maximum atomic E-state index is 12.1. The lowest BCUT2D eigenvalue weighted by Gasteiger charge is -2.06. The van der Waals surface area contributed by atoms with Crippen LogP contribution in [-0.4, -0.2) is 24.0 Å². The van der Waals surface area contributed by atoms with Gasteiger partial charge < -0.3 is 10.1 Å². The molecular weight excluding hydrogens is 453 g/mol. The predicted octanol–water partition coefficient (Wildman–Crippen LogP) is 4.61. The lowest BCUT2D eigenvalue weighted by molar-refractivity contribution is -0.136. The number of rotatable bonds is 5. The second-order valence-electron chi connectivity index (χ2n) is 6.59. The third kappa shape index (κ3) is 6.41. The molecule has 7 nitrogen and oxygen atoms in total. The minimum atomic E-state index is -0.940. The number of benzene rings is 3. The van der Waals surface area contributed by atoms with Crippen LogP contribution in [0.1, 0.15) is 21.5 Å². The molecule has 0 aliphatic heterocycles. The molecule has 2 amide bonds. The molecule has 0 aliphatic carbocycles. The largest absolute Gasteiger partial charge is 0.423 e. The molecule has 0 spiro atoms. The first-order valence-electron chi connectivity index (χ1n) is 9.30. The number of hydrogen-bond acceptors (Lipinski definition) is 5. The van der Waals surface area contributed by atoms with Crippen molar-refractivity contribution in [1.29, 1.82) is 0 Å². The van der Waals surface area contributed by atoms with E-state index < -0.39 is 17.8 Å². The van der Waals surface area contributed by atoms with Crippen molar-refractivity contribution < 1.29 is 19.1 Å². The average molecular weight is 470 g/mol. The molecule has 3 aromatic rings. The molecule has 0 aliphatic rings. The Labute approximate surface area is 194 Å². The zero-order valence-corrected chi connectivity index (χ0v) is 18.3. The number of amides is 2. The van der Waals surface area contributed by atoms with Crippen molar-refractivity contribution in [3.8, 4) is 5.75 Å². The summed E-state index contributed by atoms with van der Waals surface area (Å²) >= 11 is 11.9. The topological polar surface area (TPSA) is 96.9 Å². The van der Waals surface area contributed by atoms with Crippen LogP contribution < -0.4 is 15.5 Å². The number of aryl methyl sites for hydroxylation is 1. The van der Waals surface area contributed by atoms with Crippen molar-refractivity contribution >= 4 is 52.9 Å². The number of esters is 1. The van der Waals surface area contributed by atoms with Crippen molar-refractivity contribution in [2.24, 2.45) is 5.10 Å². The van der Waals surface area contributed by atoms with E-state index >= 15 is 0 Å². The van der Waals surface area contributed by atoms with Gasteiger partial charge in [-0.25, -0.2) is 10.2 Å². The van der Waals surface area contributed by atoms with Gasteiger partial charge in [0, 0.05) is 15.7 Å². The maximum Gasteiger partial charge on any atom is 0.343 e. The van der Waals surface area contributed by atoms with Crippen molar-refractivity contribution in [2.75, 3.05) is 5.32 Å². The van der Waals surface area contributed by atoms with Crippen molar-refractivity contribution in [3.05, 3.63) is 93.5 Å². The summed E-state index contributed by atoms with van der Waals surface area (Å²) in [7, 11) is 0. The number of hydrogen-bond donors (Lipinski definition) is 2. The quantitative estimate of drug-likeness (QED) is 0.187. The highest BCUT2D eigenvalue weighted by Crippen LogP contribution is 2.20. The molecule has 0 saturated carbocycles. The number of ether oxygens (including phenoxy) is 1. The lowest BCUT2D eigenvalue weighted by atomic mass is 10.2. The highest BCUT2D eigenvalue weighted by molar-refractivity contribution is 6.40. The minimum Gasteiger partial charge on any atom is -0.423 e. The molecule has 0 bridgehead atoms. The summed E-state index contributed by atoms with van der Waals surface area (Å²) in [6, 6.07) is 17.7. The molecule has 0 fully saturated rings. The van der Waals surface area contributed by atoms with Crippen LogP contribution in [0, 0.1) is 6.92 Å². The fourth-order valence-corrected chi connectivity index (χ4v) is 2.85. The van der Waals surface area contributed by atoms with Gasteiger partial charge >= 0.3 is 17.8 Å². The highest BCUT2D eigenvalue weighted by Gasteiger charge is 2.13. The molecule has 0 unspecified atom stereocenters. The summed E-state index contributed by atoms with van der Waals surface area (Å²) in [6.45, 7) is 1.82. The smallest absolute Gasteiger partial charge is 0.343 e. The Morgan fingerprint density at radius 1 is 0.938 bits per heavy atom. The van der Waals surface area contributed by atoms with E-state index in [2.05, 4.69) is 15.8 Å². The van der Waals surface area contributed by atoms with Crippen LogP contribution in [0.2, 0.25) is 10.0 Å². The molecule has 32 heavy (non-hydrogen) atoms. The Kier molecular flexibility index (Phi) is 7.59. The predicted molar refractivity (Wildman–Crippen MR) is 123 cm³/mol. The van der Waals surface area contributed by atoms with Gasteiger partial charge in [0.05, 0.1) is 11.8 Å². The summed E-state index contributed by atoms with van der Waals surface area (Å²) in [5.74, 6) is -2.04. The monoisotopic (exact) mass is 469 g/mol. The number of carbonyl (C=O) groups excluding carboxylic acids is 3. The fraction of sp³-hybridized carbons (Fsp3) is 0.0435. The van der Waals surface area contributed by atoms with E-state index in [1.54, 1.807) is 60.7 Å². The lowest BCUT2D eigenvalue weighted by Crippen LogP contribution is -2.32. The van der Waals surface area contributed by atoms with E-state index in [0.717, 1.165) is 5.56 Å². The Balaban J connectivity index is 1.51. The Morgan fingerprint density at radius 3 is 2.38 bits per heavy atom. The Morgan fingerprint density at radius 2 is 1.69 bits per heavy atom. The van der Waals surface area contributed by atoms with Crippen LogP contribution in [-0.2, 0) is 9.59 Å². The second-order valence-corrected chi connectivity index (χ2v) is 7.43. The third-order valence-corrected chi connectivity index (χ3v) is 4.81. The molecule has 3 aromatic carbocycles. The molecule has 0 saturated heterocycles. The van der Waals surface area contributed by atoms with Gasteiger partial charge in [-0.1, -0.05) is 35.3 Å². The first-order chi connectivity index (χ1) is 15.3. The maximum absolute atomic E-state index is 12.1. The summed E-state index contributed by atoms with van der Waals surface area (Å²) < 4.78 is 5.28. The second kappa shape index (κ2) is 10.6. The van der Waals surface area contributed by atoms with Crippen molar-refractivity contribution in [2.45, 2.75) is 6.92 Å². The molecule has 2 N–H and O–H groups in total. The summed E-state index contributed by atoms with van der Waals surface area (Å²) in [6.07, 6.45) is 1.34. The van der Waals surface area contributed by atoms with Crippen LogP contribution in [0.15, 0.2) is 71.8 Å². The van der Waals surface area contributed by atoms with Crippen LogP contribution in [0.5, 0.6) is 5.75 Å². The first-order valence-corrected chi connectivity index (χ1v) is 10.1. The fourth-order valence-electron chi connectivity index (χ4n) is 2.48. The number of carbonyl (C=O) groups is 3. The SMILES string of the molecule is Cc1ccc(NC(=O)C(=O)N/N=C/c2ccc(OC(=O)c3cccc(Cl)c3)cc2)cc1Cl. The van der Waals surface area contributed by atoms with Gasteiger partial charge in [0.15, 0.2) is 0 Å². The third-order valence-electron chi connectivity index (χ3n) is 4.17. The Hall–Kier alpha value is -3.68. The van der Waals surface area contributed by atoms with Gasteiger partial charge in [0.25, 0.3) is 0 Å². The summed E-state index contributed by atoms with van der Waals surface area (Å²) in [4.78, 5) is 36.0. The standard InChI is InChI=1S/C23H17Cl2N3O4/c1-14-5-8-18(12-20(14)25)27-21(29)22(30)28-26-13-15-6-9-19(10-7-15)32-23(31)16-3-2-4-17(24)11-16/h2-13H,1H3,(H,27,29)(H,28,30)/b26-13+. The van der Waals surface area contributed by atoms with Crippen LogP contribution in [0.25, 0.3) is 0 Å². The molecule has 0 aromatic heterocycles. The number of nitrogens with zero attached hydrogens (tertiary/aromatic N) is 1. The normalized spacial score (nSPS) is 10.6. The molecule has 162 valence electrons. The highest BCUT2D eigenvalue weighted by atomic mass is 35.5. The van der Waals surface area contributed by atoms with Crippen molar-refractivity contribution in [1.82, 2.24) is 5.43 Å². The zero-order valence-electron chi connectivity index (χ0n) is 16.8. The first kappa shape index (κ1) is 23.0. The van der Waals surface area contributed by atoms with Gasteiger partial charge in [-0.3, -0.25) is 9.59 Å². The molecule has 0 radical (unpaired) electrons.